The monoisotopic (exact) mass is 329 g/mol. The second-order valence-electron chi connectivity index (χ2n) is 3.75. The van der Waals surface area contributed by atoms with Crippen molar-refractivity contribution in [3.63, 3.8) is 0 Å². The summed E-state index contributed by atoms with van der Waals surface area (Å²) in [4.78, 5) is 1.02. The normalized spacial score (nSPS) is 12.4. The van der Waals surface area contributed by atoms with Crippen LogP contribution >= 0.6 is 27.3 Å². The fourth-order valence-corrected chi connectivity index (χ4v) is 3.15. The summed E-state index contributed by atoms with van der Waals surface area (Å²) >= 11 is 4.76. The molecule has 96 valence electrons. The van der Waals surface area contributed by atoms with Crippen LogP contribution in [-0.2, 0) is 0 Å². The molecule has 1 aromatic heterocycles. The summed E-state index contributed by atoms with van der Waals surface area (Å²) in [5, 5.41) is 5.05. The number of halogens is 2. The van der Waals surface area contributed by atoms with Gasteiger partial charge in [0.2, 0.25) is 0 Å². The number of methoxy groups -OCH3 is 1. The van der Waals surface area contributed by atoms with Crippen LogP contribution in [0.3, 0.4) is 0 Å². The molecule has 0 saturated carbocycles. The van der Waals surface area contributed by atoms with E-state index in [0.29, 0.717) is 10.0 Å². The lowest BCUT2D eigenvalue weighted by Crippen LogP contribution is -2.18. The van der Waals surface area contributed by atoms with E-state index in [0.717, 1.165) is 10.6 Å². The van der Waals surface area contributed by atoms with Gasteiger partial charge in [-0.05, 0) is 35.1 Å². The van der Waals surface area contributed by atoms with Crippen LogP contribution in [0.2, 0.25) is 0 Å². The van der Waals surface area contributed by atoms with E-state index < -0.39 is 0 Å². The summed E-state index contributed by atoms with van der Waals surface area (Å²) in [6.45, 7) is 0. The first-order valence-corrected chi connectivity index (χ1v) is 7.08. The van der Waals surface area contributed by atoms with Gasteiger partial charge in [-0.3, -0.25) is 0 Å². The van der Waals surface area contributed by atoms with Gasteiger partial charge in [0, 0.05) is 15.8 Å². The van der Waals surface area contributed by atoms with Gasteiger partial charge in [0.1, 0.15) is 11.6 Å². The van der Waals surface area contributed by atoms with Crippen molar-refractivity contribution in [2.75, 3.05) is 14.2 Å². The van der Waals surface area contributed by atoms with E-state index in [1.54, 1.807) is 30.6 Å². The number of thiophene rings is 1. The zero-order valence-electron chi connectivity index (χ0n) is 10.0. The molecule has 0 saturated heterocycles. The van der Waals surface area contributed by atoms with Crippen LogP contribution in [0.4, 0.5) is 4.39 Å². The van der Waals surface area contributed by atoms with Crippen molar-refractivity contribution in [1.29, 1.82) is 0 Å². The molecule has 1 atom stereocenters. The molecule has 0 aliphatic rings. The van der Waals surface area contributed by atoms with Gasteiger partial charge in [-0.2, -0.15) is 0 Å². The number of ether oxygens (including phenoxy) is 1. The van der Waals surface area contributed by atoms with Gasteiger partial charge in [-0.15, -0.1) is 11.3 Å². The molecule has 18 heavy (non-hydrogen) atoms. The number of hydrogen-bond acceptors (Lipinski definition) is 3. The standard InChI is InChI=1S/C13H13BrFNOS/c1-16-13(11-6-8(17-2)7-18-11)9-4-3-5-10(14)12(9)15/h3-7,13,16H,1-2H3. The first-order chi connectivity index (χ1) is 8.67. The van der Waals surface area contributed by atoms with Gasteiger partial charge in [0.05, 0.1) is 17.6 Å². The molecular weight excluding hydrogens is 317 g/mol. The Bertz CT molecular complexity index is 544. The lowest BCUT2D eigenvalue weighted by molar-refractivity contribution is 0.416. The zero-order valence-corrected chi connectivity index (χ0v) is 12.4. The number of benzene rings is 1. The molecule has 0 amide bonds. The topological polar surface area (TPSA) is 21.3 Å². The predicted molar refractivity (Wildman–Crippen MR) is 75.9 cm³/mol. The molecule has 2 aromatic rings. The summed E-state index contributed by atoms with van der Waals surface area (Å²) in [5.74, 6) is 0.565. The highest BCUT2D eigenvalue weighted by Gasteiger charge is 2.19. The van der Waals surface area contributed by atoms with Gasteiger partial charge in [-0.25, -0.2) is 4.39 Å². The molecule has 0 bridgehead atoms. The molecule has 1 unspecified atom stereocenters. The van der Waals surface area contributed by atoms with Crippen LogP contribution in [0.1, 0.15) is 16.5 Å². The number of rotatable bonds is 4. The van der Waals surface area contributed by atoms with Gasteiger partial charge in [-0.1, -0.05) is 12.1 Å². The van der Waals surface area contributed by atoms with Gasteiger partial charge in [0.15, 0.2) is 0 Å². The fraction of sp³-hybridized carbons (Fsp3) is 0.231. The molecule has 1 N–H and O–H groups in total. The van der Waals surface area contributed by atoms with Crippen molar-refractivity contribution >= 4 is 27.3 Å². The molecule has 0 spiro atoms. The quantitative estimate of drug-likeness (QED) is 0.916. The van der Waals surface area contributed by atoms with E-state index in [4.69, 9.17) is 4.74 Å². The molecular formula is C13H13BrFNOS. The minimum atomic E-state index is -0.232. The lowest BCUT2D eigenvalue weighted by atomic mass is 10.1. The van der Waals surface area contributed by atoms with Crippen LogP contribution < -0.4 is 10.1 Å². The van der Waals surface area contributed by atoms with Crippen LogP contribution in [-0.4, -0.2) is 14.2 Å². The van der Waals surface area contributed by atoms with Crippen molar-refractivity contribution in [3.8, 4) is 5.75 Å². The molecule has 1 heterocycles. The second kappa shape index (κ2) is 5.82. The average Bonchev–Trinajstić information content (AvgIpc) is 2.84. The molecule has 1 aromatic carbocycles. The van der Waals surface area contributed by atoms with Crippen molar-refractivity contribution in [2.45, 2.75) is 6.04 Å². The third kappa shape index (κ3) is 2.58. The maximum absolute atomic E-state index is 14.1. The average molecular weight is 330 g/mol. The molecule has 0 radical (unpaired) electrons. The largest absolute Gasteiger partial charge is 0.496 e. The van der Waals surface area contributed by atoms with Gasteiger partial charge in [0.25, 0.3) is 0 Å². The Labute approximate surface area is 118 Å². The maximum atomic E-state index is 14.1. The Balaban J connectivity index is 2.41. The lowest BCUT2D eigenvalue weighted by Gasteiger charge is -2.16. The van der Waals surface area contributed by atoms with Crippen LogP contribution in [0.15, 0.2) is 34.1 Å². The van der Waals surface area contributed by atoms with Gasteiger partial charge >= 0.3 is 0 Å². The van der Waals surface area contributed by atoms with E-state index in [-0.39, 0.29) is 11.9 Å². The molecule has 0 fully saturated rings. The second-order valence-corrected chi connectivity index (χ2v) is 5.55. The van der Waals surface area contributed by atoms with E-state index >= 15 is 0 Å². The van der Waals surface area contributed by atoms with Gasteiger partial charge < -0.3 is 10.1 Å². The maximum Gasteiger partial charge on any atom is 0.142 e. The van der Waals surface area contributed by atoms with Crippen LogP contribution in [0.5, 0.6) is 5.75 Å². The summed E-state index contributed by atoms with van der Waals surface area (Å²) in [6.07, 6.45) is 0. The van der Waals surface area contributed by atoms with Crippen molar-refractivity contribution in [1.82, 2.24) is 5.32 Å². The van der Waals surface area contributed by atoms with Crippen LogP contribution in [0, 0.1) is 5.82 Å². The summed E-state index contributed by atoms with van der Waals surface area (Å²) in [6, 6.07) is 7.06. The Morgan fingerprint density at radius 2 is 2.22 bits per heavy atom. The first kappa shape index (κ1) is 13.5. The highest BCUT2D eigenvalue weighted by Crippen LogP contribution is 2.33. The first-order valence-electron chi connectivity index (χ1n) is 5.41. The zero-order chi connectivity index (χ0) is 13.1. The van der Waals surface area contributed by atoms with Crippen molar-refractivity contribution in [2.24, 2.45) is 0 Å². The Morgan fingerprint density at radius 3 is 2.83 bits per heavy atom. The van der Waals surface area contributed by atoms with E-state index in [1.807, 2.05) is 24.6 Å². The van der Waals surface area contributed by atoms with Crippen molar-refractivity contribution < 1.29 is 9.13 Å². The molecule has 2 nitrogen and oxygen atoms in total. The predicted octanol–water partition coefficient (Wildman–Crippen LogP) is 3.97. The molecule has 2 rings (SSSR count). The Morgan fingerprint density at radius 1 is 1.44 bits per heavy atom. The molecule has 0 aliphatic carbocycles. The van der Waals surface area contributed by atoms with E-state index in [9.17, 15) is 4.39 Å². The van der Waals surface area contributed by atoms with Crippen molar-refractivity contribution in [3.05, 3.63) is 50.4 Å². The number of nitrogens with one attached hydrogen (secondary N) is 1. The minimum absolute atomic E-state index is 0.170. The molecule has 0 aliphatic heterocycles. The summed E-state index contributed by atoms with van der Waals surface area (Å²) < 4.78 is 19.7. The SMILES string of the molecule is CNC(c1cc(OC)cs1)c1cccc(Br)c1F. The minimum Gasteiger partial charge on any atom is -0.496 e. The van der Waals surface area contributed by atoms with Crippen LogP contribution in [0.25, 0.3) is 0 Å². The molecule has 5 heteroatoms. The fourth-order valence-electron chi connectivity index (χ4n) is 1.79. The third-order valence-corrected chi connectivity index (χ3v) is 4.29. The summed E-state index contributed by atoms with van der Waals surface area (Å²) in [5.41, 5.74) is 0.622. The number of hydrogen-bond donors (Lipinski definition) is 1. The highest BCUT2D eigenvalue weighted by atomic mass is 79.9. The summed E-state index contributed by atoms with van der Waals surface area (Å²) in [7, 11) is 3.44. The Kier molecular flexibility index (Phi) is 4.37. The van der Waals surface area contributed by atoms with E-state index in [2.05, 4.69) is 21.2 Å². The smallest absolute Gasteiger partial charge is 0.142 e. The van der Waals surface area contributed by atoms with E-state index in [1.165, 1.54) is 0 Å². The third-order valence-electron chi connectivity index (χ3n) is 2.70. The highest BCUT2D eigenvalue weighted by molar-refractivity contribution is 9.10. The Hall–Kier alpha value is -0.910.